The summed E-state index contributed by atoms with van der Waals surface area (Å²) in [5.74, 6) is -18.0. The Labute approximate surface area is 610 Å². The van der Waals surface area contributed by atoms with Crippen LogP contribution in [-0.4, -0.2) is 234 Å². The number of carbonyl (C=O) groups excluding carboxylic acids is 11. The van der Waals surface area contributed by atoms with Crippen LogP contribution in [0.3, 0.4) is 0 Å². The Balaban J connectivity index is 1.09. The number of halogens is 2. The molecule has 1 aliphatic heterocycles. The number of aliphatic hydroxyl groups excluding tert-OH is 2. The highest BCUT2D eigenvalue weighted by Gasteiger charge is 2.35. The molecule has 0 fully saturated rings. The Kier molecular flexibility index (Phi) is 31.9. The second kappa shape index (κ2) is 40.8. The number of primary amides is 1. The number of ether oxygens (including phenoxy) is 2. The molecule has 2 aliphatic rings. The topological polar surface area (TPSA) is 613 Å². The first kappa shape index (κ1) is 84.6. The number of phenolic OH excluding ortho intramolecular Hbond substituents is 1. The van der Waals surface area contributed by atoms with Crippen molar-refractivity contribution < 1.29 is 120 Å². The number of carboxylic acids is 3. The van der Waals surface area contributed by atoms with Crippen molar-refractivity contribution in [3.63, 3.8) is 0 Å². The Bertz CT molecular complexity index is 4270. The Morgan fingerprint density at radius 3 is 1.60 bits per heavy atom. The van der Waals surface area contributed by atoms with Gasteiger partial charge in [0.1, 0.15) is 66.8 Å². The third-order valence-electron chi connectivity index (χ3n) is 16.0. The van der Waals surface area contributed by atoms with Crippen molar-refractivity contribution in [2.45, 2.75) is 133 Å². The molecule has 2 aromatic carbocycles. The maximum absolute atomic E-state index is 14.9. The maximum atomic E-state index is 14.9. The number of aromatic amines is 2. The lowest BCUT2D eigenvalue weighted by atomic mass is 9.89. The molecule has 3 heterocycles. The van der Waals surface area contributed by atoms with Gasteiger partial charge in [-0.1, -0.05) is 6.07 Å². The number of H-pyrrole nitrogens is 2. The zero-order valence-corrected chi connectivity index (χ0v) is 58.1. The number of aliphatic carboxylic acids is 2. The number of carbonyl (C=O) groups is 14. The van der Waals surface area contributed by atoms with Crippen LogP contribution in [0.4, 0.5) is 8.78 Å². The van der Waals surface area contributed by atoms with Gasteiger partial charge in [0.2, 0.25) is 64.5 Å². The lowest BCUT2D eigenvalue weighted by molar-refractivity contribution is -0.139. The molecule has 20 N–H and O–H groups in total. The summed E-state index contributed by atoms with van der Waals surface area (Å²) in [4.78, 5) is 207. The molecular weight excluding hydrogens is 1440 g/mol. The molecule has 0 saturated heterocycles. The van der Waals surface area contributed by atoms with Crippen LogP contribution >= 0.6 is 0 Å². The minimum atomic E-state index is -1.73. The summed E-state index contributed by atoms with van der Waals surface area (Å²) >= 11 is 0. The van der Waals surface area contributed by atoms with Gasteiger partial charge >= 0.3 is 17.9 Å². The lowest BCUT2D eigenvalue weighted by Gasteiger charge is -2.25. The molecule has 0 saturated carbocycles. The van der Waals surface area contributed by atoms with E-state index in [0.717, 1.165) is 44.2 Å². The first-order valence-electron chi connectivity index (χ1n) is 33.3. The number of aliphatic hydroxyl groups is 2. The van der Waals surface area contributed by atoms with Gasteiger partial charge in [-0.3, -0.25) is 67.1 Å². The molecule has 0 radical (unpaired) electrons. The van der Waals surface area contributed by atoms with E-state index in [4.69, 9.17) is 24.7 Å². The van der Waals surface area contributed by atoms with Crippen molar-refractivity contribution in [2.75, 3.05) is 46.1 Å². The van der Waals surface area contributed by atoms with Crippen LogP contribution in [0.2, 0.25) is 0 Å². The number of aromatic carboxylic acids is 1. The number of fused-ring (bicyclic) bond motifs is 2. The molecule has 0 spiro atoms. The average Bonchev–Trinajstić information content (AvgIpc) is 0.761. The molecular formula is C67H81F2N15O24. The number of amides is 11. The Hall–Kier alpha value is -12.4. The van der Waals surface area contributed by atoms with Crippen LogP contribution in [0, 0.1) is 11.6 Å². The molecule has 4 aromatic rings. The Morgan fingerprint density at radius 1 is 0.574 bits per heavy atom. The van der Waals surface area contributed by atoms with E-state index in [-0.39, 0.29) is 102 Å². The maximum Gasteiger partial charge on any atom is 0.336 e. The van der Waals surface area contributed by atoms with E-state index in [0.29, 0.717) is 0 Å². The molecule has 582 valence electrons. The fourth-order valence-corrected chi connectivity index (χ4v) is 10.7. The molecule has 6 rings (SSSR count). The number of nitrogens with zero attached hydrogens (tertiary/aromatic N) is 2. The SMILES string of the molecule is CC(=O)N[C@@H](C(=O)N[C@H](Cc1c[nH]cn1)C(=O)N[C@H](CCC(=O)O)C(=O)NCCOCC(=O)N[C@H](CCCCNC(=O)c1ccc(-c2c3cc(F)c(=O)cc-3oc3cc(O)c(F)cc23)c(C(=O)O)c1)C(=O)NCCOCC(=O)N[C@@H](C(=O)N[C@H](Cc1c[nH]cn1)C(=O)N[C@H](CCC(=O)O)C(N)=O)[C@H](C)O)[C@H](C)O. The number of benzene rings is 3. The number of hydrogen-bond donors (Lipinski definition) is 19. The van der Waals surface area contributed by atoms with Crippen LogP contribution in [0.15, 0.2) is 76.7 Å². The van der Waals surface area contributed by atoms with Gasteiger partial charge in [-0.15, -0.1) is 0 Å². The summed E-state index contributed by atoms with van der Waals surface area (Å²) in [6.07, 6.45) is -0.265. The standard InChI is InChI=1S/C67H81F2N15O24/c1-31(85)57(78-33(3)87)65(102)82-47(20-36-26-72-30-77-36)64(101)81-45(10-12-55(94)95)62(99)75-15-16-106-27-52(90)79-44(61(98)74-14-17-107-28-53(91)84-58(32(2)86)66(103)83-46(19-35-25-71-29-76-35)63(100)80-43(59(70)96)9-11-54(92)93)6-4-5-13-73-60(97)34-7-8-37(38(18-34)67(104)105)56-39-21-41(68)48(88)23-50(39)108-51-24-49(89)42(69)22-40(51)56/h7-8,18,21-26,29-32,43-47,57-58,85-86,88H,4-6,9-17,19-20,27-28H2,1-3H3,(H2,70,96)(H,71,76)(H,72,77)(H,73,97)(H,74,98)(H,75,99)(H,78,87)(H,79,90)(H,80,100)(H,81,101)(H,82,102)(H,83,103)(H,84,91)(H,92,93)(H,94,95)(H,104,105)/t31-,32-,43+,44+,45+,46+,47+,57+,58+/m0/s1. The summed E-state index contributed by atoms with van der Waals surface area (Å²) in [6.45, 7) is 0.325. The van der Waals surface area contributed by atoms with Gasteiger partial charge in [-0.25, -0.2) is 23.5 Å². The molecule has 0 bridgehead atoms. The van der Waals surface area contributed by atoms with Crippen LogP contribution in [0.25, 0.3) is 33.4 Å². The summed E-state index contributed by atoms with van der Waals surface area (Å²) in [5, 5.41) is 83.8. The lowest BCUT2D eigenvalue weighted by Crippen LogP contribution is -2.59. The van der Waals surface area contributed by atoms with Gasteiger partial charge in [0.25, 0.3) is 5.91 Å². The minimum Gasteiger partial charge on any atom is -0.505 e. The van der Waals surface area contributed by atoms with Crippen molar-refractivity contribution in [1.82, 2.24) is 73.1 Å². The van der Waals surface area contributed by atoms with Crippen LogP contribution < -0.4 is 64.3 Å². The molecule has 41 heteroatoms. The van der Waals surface area contributed by atoms with Gasteiger partial charge < -0.3 is 113 Å². The number of aromatic nitrogens is 4. The van der Waals surface area contributed by atoms with Gasteiger partial charge in [0.05, 0.1) is 55.0 Å². The fourth-order valence-electron chi connectivity index (χ4n) is 10.7. The van der Waals surface area contributed by atoms with E-state index >= 15 is 0 Å². The molecule has 1 aliphatic carbocycles. The van der Waals surface area contributed by atoms with Gasteiger partial charge in [-0.2, -0.15) is 0 Å². The predicted molar refractivity (Wildman–Crippen MR) is 367 cm³/mol. The third kappa shape index (κ3) is 25.8. The van der Waals surface area contributed by atoms with Gasteiger partial charge in [-0.05, 0) is 75.8 Å². The van der Waals surface area contributed by atoms with E-state index in [1.165, 1.54) is 44.1 Å². The number of nitrogens with two attached hydrogens (primary N) is 1. The van der Waals surface area contributed by atoms with Crippen molar-refractivity contribution in [1.29, 1.82) is 0 Å². The number of phenols is 1. The monoisotopic (exact) mass is 1520 g/mol. The Morgan fingerprint density at radius 2 is 1.09 bits per heavy atom. The molecule has 39 nitrogen and oxygen atoms in total. The summed E-state index contributed by atoms with van der Waals surface area (Å²) in [6, 6.07) is -3.98. The number of unbranched alkanes of at least 4 members (excludes halogenated alkanes) is 1. The number of nitrogens with one attached hydrogen (secondary N) is 12. The van der Waals surface area contributed by atoms with Crippen LogP contribution in [0.1, 0.15) is 97.8 Å². The van der Waals surface area contributed by atoms with Crippen molar-refractivity contribution in [2.24, 2.45) is 5.73 Å². The van der Waals surface area contributed by atoms with Crippen molar-refractivity contribution >= 4 is 93.9 Å². The predicted octanol–water partition coefficient (Wildman–Crippen LogP) is -3.27. The van der Waals surface area contributed by atoms with E-state index in [2.05, 4.69) is 73.1 Å². The van der Waals surface area contributed by atoms with Gasteiger partial charge in [0, 0.05) is 98.8 Å². The largest absolute Gasteiger partial charge is 0.505 e. The molecule has 9 atom stereocenters. The normalized spacial score (nSPS) is 13.7. The van der Waals surface area contributed by atoms with E-state index in [1.54, 1.807) is 0 Å². The zero-order chi connectivity index (χ0) is 79.5. The number of carboxylic acid groups (broad SMARTS) is 3. The molecule has 11 amide bonds. The number of hydrogen-bond acceptors (Lipinski definition) is 23. The van der Waals surface area contributed by atoms with Gasteiger partial charge in [0.15, 0.2) is 17.4 Å². The first-order chi connectivity index (χ1) is 51.2. The fraction of sp³-hybridized carbons (Fsp3) is 0.418. The molecule has 2 aromatic heterocycles. The van der Waals surface area contributed by atoms with Crippen molar-refractivity contribution in [3.8, 4) is 28.2 Å². The molecule has 108 heavy (non-hydrogen) atoms. The zero-order valence-electron chi connectivity index (χ0n) is 58.1. The smallest absolute Gasteiger partial charge is 0.336 e. The van der Waals surface area contributed by atoms with Crippen LogP contribution in [-0.2, 0) is 79.8 Å². The van der Waals surface area contributed by atoms with Crippen molar-refractivity contribution in [3.05, 3.63) is 112 Å². The van der Waals surface area contributed by atoms with E-state index in [9.17, 15) is 106 Å². The number of aromatic hydroxyl groups is 1. The third-order valence-corrected chi connectivity index (χ3v) is 16.0. The highest BCUT2D eigenvalue weighted by Crippen LogP contribution is 2.43. The van der Waals surface area contributed by atoms with E-state index < -0.39 is 218 Å². The molecule has 0 unspecified atom stereocenters. The van der Waals surface area contributed by atoms with Crippen LogP contribution in [0.5, 0.6) is 5.75 Å². The first-order valence-corrected chi connectivity index (χ1v) is 33.3. The summed E-state index contributed by atoms with van der Waals surface area (Å²) < 4.78 is 46.2. The highest BCUT2D eigenvalue weighted by molar-refractivity contribution is 6.09. The summed E-state index contributed by atoms with van der Waals surface area (Å²) in [7, 11) is 0. The highest BCUT2D eigenvalue weighted by atomic mass is 19.1. The quantitative estimate of drug-likeness (QED) is 0.0132. The number of imidazole rings is 2. The minimum absolute atomic E-state index is 0.0801. The average molecular weight is 1520 g/mol. The van der Waals surface area contributed by atoms with E-state index in [1.807, 2.05) is 0 Å². The summed E-state index contributed by atoms with van der Waals surface area (Å²) in [5.41, 5.74) is 3.42. The second-order valence-electron chi connectivity index (χ2n) is 24.4. The number of rotatable bonds is 44. The second-order valence-corrected chi connectivity index (χ2v) is 24.4.